The maximum Gasteiger partial charge on any atom is 0.330 e. The minimum atomic E-state index is -1.99. The van der Waals surface area contributed by atoms with Crippen molar-refractivity contribution in [2.24, 2.45) is 0 Å². The highest BCUT2D eigenvalue weighted by Crippen LogP contribution is 2.42. The minimum Gasteiger partial charge on any atom is -0.463 e. The Labute approximate surface area is 177 Å². The van der Waals surface area contributed by atoms with Gasteiger partial charge in [-0.05, 0) is 45.7 Å². The third kappa shape index (κ3) is 6.55. The van der Waals surface area contributed by atoms with Gasteiger partial charge in [0.1, 0.15) is 35.9 Å². The van der Waals surface area contributed by atoms with Crippen LogP contribution >= 0.6 is 0 Å². The van der Waals surface area contributed by atoms with Crippen molar-refractivity contribution in [1.82, 2.24) is 0 Å². The van der Waals surface area contributed by atoms with Crippen molar-refractivity contribution in [3.63, 3.8) is 0 Å². The van der Waals surface area contributed by atoms with Gasteiger partial charge in [-0.25, -0.2) is 4.79 Å². The van der Waals surface area contributed by atoms with Crippen LogP contribution in [0, 0.1) is 0 Å². The summed E-state index contributed by atoms with van der Waals surface area (Å²) in [5.74, 6) is -0.335. The fraction of sp³-hybridized carbons (Fsp3) is 0.800. The molecule has 0 atom stereocenters. The average molecular weight is 499 g/mol. The van der Waals surface area contributed by atoms with Crippen molar-refractivity contribution < 1.29 is 21.9 Å². The van der Waals surface area contributed by atoms with Crippen molar-refractivity contribution >= 4 is 65.4 Å². The van der Waals surface area contributed by atoms with E-state index in [9.17, 15) is 4.79 Å². The molecule has 0 saturated carbocycles. The van der Waals surface area contributed by atoms with E-state index in [1.807, 2.05) is 0 Å². The molecular weight excluding hydrogens is 457 g/mol. The first-order valence-electron chi connectivity index (χ1n) is 10.1. The van der Waals surface area contributed by atoms with Gasteiger partial charge in [0.15, 0.2) is 23.5 Å². The third-order valence-electron chi connectivity index (χ3n) is 5.71. The summed E-state index contributed by atoms with van der Waals surface area (Å²) in [6.07, 6.45) is 2.12. The number of carbonyl (C=O) groups is 1. The normalized spacial score (nSPS) is 16.6. The van der Waals surface area contributed by atoms with Crippen LogP contribution in [0.3, 0.4) is 0 Å². The fourth-order valence-electron chi connectivity index (χ4n) is 5.10. The number of hydrogen-bond acceptors (Lipinski definition) is 5. The van der Waals surface area contributed by atoms with Gasteiger partial charge < -0.3 is 17.1 Å². The largest absolute Gasteiger partial charge is 0.463 e. The Morgan fingerprint density at radius 3 is 1.52 bits per heavy atom. The summed E-state index contributed by atoms with van der Waals surface area (Å²) in [6.45, 7) is 23.3. The highest BCUT2D eigenvalue weighted by atomic mass is 29.9. The molecule has 0 aromatic carbocycles. The van der Waals surface area contributed by atoms with Crippen LogP contribution in [0.25, 0.3) is 0 Å². The zero-order chi connectivity index (χ0) is 21.4. The Balaban J connectivity index is 6.16. The molecule has 0 saturated heterocycles. The molecule has 0 radical (unpaired) electrons. The molecule has 0 aromatic rings. The number of rotatable bonds is 14. The molecule has 0 unspecified atom stereocenters. The van der Waals surface area contributed by atoms with Crippen LogP contribution in [0.1, 0.15) is 6.42 Å². The highest BCUT2D eigenvalue weighted by Gasteiger charge is 2.69. The van der Waals surface area contributed by atoms with E-state index in [0.29, 0.717) is 6.61 Å². The minimum absolute atomic E-state index is 0.335. The SMILES string of the molecule is C=CC(=O)OCCC[Si]([Si](C)(C)O[SiH2]C)([Si](C)(C)O[SiH2]C)[Si](C)(C)O[SiH2]C. The van der Waals surface area contributed by atoms with Gasteiger partial charge in [0.05, 0.1) is 6.61 Å². The molecule has 0 heterocycles. The second kappa shape index (κ2) is 11.7. The zero-order valence-electron chi connectivity index (χ0n) is 19.1. The van der Waals surface area contributed by atoms with Crippen molar-refractivity contribution in [3.05, 3.63) is 12.7 Å². The Bertz CT molecular complexity index is 440. The molecule has 12 heteroatoms. The van der Waals surface area contributed by atoms with Crippen LogP contribution in [0.2, 0.25) is 65.0 Å². The number of ether oxygens (including phenoxy) is 1. The second-order valence-corrected chi connectivity index (χ2v) is 47.8. The van der Waals surface area contributed by atoms with E-state index in [1.165, 1.54) is 6.08 Å². The highest BCUT2D eigenvalue weighted by molar-refractivity contribution is 7.87. The zero-order valence-corrected chi connectivity index (χ0v) is 27.3. The molecule has 0 bridgehead atoms. The van der Waals surface area contributed by atoms with E-state index in [2.05, 4.69) is 65.5 Å². The Hall–Kier alpha value is 0.608. The molecule has 0 aromatic heterocycles. The summed E-state index contributed by atoms with van der Waals surface area (Å²) in [7, 11) is -7.38. The van der Waals surface area contributed by atoms with Crippen molar-refractivity contribution in [2.75, 3.05) is 6.61 Å². The van der Waals surface area contributed by atoms with Gasteiger partial charge in [-0.2, -0.15) is 0 Å². The van der Waals surface area contributed by atoms with Crippen LogP contribution in [0.15, 0.2) is 12.7 Å². The van der Waals surface area contributed by atoms with Gasteiger partial charge in [-0.15, -0.1) is 0 Å². The van der Waals surface area contributed by atoms with E-state index in [1.54, 1.807) is 0 Å². The molecule has 0 aliphatic carbocycles. The number of esters is 1. The van der Waals surface area contributed by atoms with E-state index in [4.69, 9.17) is 17.1 Å². The van der Waals surface area contributed by atoms with Gasteiger partial charge in [-0.3, -0.25) is 0 Å². The summed E-state index contributed by atoms with van der Waals surface area (Å²) < 4.78 is 25.5. The molecule has 0 rings (SSSR count). The first-order chi connectivity index (χ1) is 12.4. The molecule has 0 aliphatic rings. The maximum atomic E-state index is 11.5. The van der Waals surface area contributed by atoms with Gasteiger partial charge >= 0.3 is 5.97 Å². The smallest absolute Gasteiger partial charge is 0.330 e. The van der Waals surface area contributed by atoms with Gasteiger partial charge in [0.2, 0.25) is 0 Å². The lowest BCUT2D eigenvalue weighted by Gasteiger charge is -2.58. The first-order valence-corrected chi connectivity index (χ1v) is 30.0. The van der Waals surface area contributed by atoms with Crippen LogP contribution in [0.4, 0.5) is 0 Å². The molecule has 27 heavy (non-hydrogen) atoms. The summed E-state index contributed by atoms with van der Waals surface area (Å²) in [6, 6.07) is 1.10. The lowest BCUT2D eigenvalue weighted by Crippen LogP contribution is -2.87. The Kier molecular flexibility index (Phi) is 12.0. The molecule has 5 nitrogen and oxygen atoms in total. The maximum absolute atomic E-state index is 11.5. The fourth-order valence-corrected chi connectivity index (χ4v) is 105. The number of carbonyl (C=O) groups excluding carboxylic acids is 1. The van der Waals surface area contributed by atoms with Crippen LogP contribution in [-0.4, -0.2) is 72.0 Å². The third-order valence-corrected chi connectivity index (χ3v) is 82.3. The predicted molar refractivity (Wildman–Crippen MR) is 135 cm³/mol. The molecule has 0 N–H and O–H groups in total. The van der Waals surface area contributed by atoms with Gasteiger partial charge in [-0.1, -0.05) is 32.3 Å². The molecular formula is C15H42O5Si7. The van der Waals surface area contributed by atoms with E-state index in [0.717, 1.165) is 12.5 Å². The quantitative estimate of drug-likeness (QED) is 0.158. The van der Waals surface area contributed by atoms with Crippen LogP contribution < -0.4 is 0 Å². The average Bonchev–Trinajstić information content (AvgIpc) is 2.53. The van der Waals surface area contributed by atoms with Gasteiger partial charge in [0, 0.05) is 6.08 Å². The van der Waals surface area contributed by atoms with E-state index in [-0.39, 0.29) is 5.97 Å². The summed E-state index contributed by atoms with van der Waals surface area (Å²) >= 11 is 0. The van der Waals surface area contributed by atoms with Crippen LogP contribution in [-0.2, 0) is 21.9 Å². The lowest BCUT2D eigenvalue weighted by molar-refractivity contribution is -0.137. The molecule has 0 fully saturated rings. The summed E-state index contributed by atoms with van der Waals surface area (Å²) in [5.41, 5.74) is 0. The van der Waals surface area contributed by atoms with Crippen molar-refractivity contribution in [1.29, 1.82) is 0 Å². The summed E-state index contributed by atoms with van der Waals surface area (Å²) in [5, 5.41) is 0. The van der Waals surface area contributed by atoms with Crippen LogP contribution in [0.5, 0.6) is 0 Å². The van der Waals surface area contributed by atoms with E-state index < -0.39 is 59.4 Å². The molecule has 0 amide bonds. The number of hydrogen-bond donors (Lipinski definition) is 0. The van der Waals surface area contributed by atoms with E-state index >= 15 is 0 Å². The topological polar surface area (TPSA) is 54.0 Å². The lowest BCUT2D eigenvalue weighted by atomic mass is 10.5. The van der Waals surface area contributed by atoms with Gasteiger partial charge in [0.25, 0.3) is 0 Å². The standard InChI is InChI=1S/C15H42O5Si7/c1-11-15(16)17-13-12-14-27(24(5,6)18-21-2,25(7,8)19-22-3)26(9,10)20-23-4/h11H,1,12-14,21-23H2,2-10H3. The molecule has 0 spiro atoms. The Morgan fingerprint density at radius 1 is 0.852 bits per heavy atom. The monoisotopic (exact) mass is 498 g/mol. The first kappa shape index (κ1) is 27.6. The Morgan fingerprint density at radius 2 is 1.22 bits per heavy atom. The van der Waals surface area contributed by atoms with Crippen molar-refractivity contribution in [2.45, 2.75) is 71.4 Å². The molecule has 160 valence electrons. The summed E-state index contributed by atoms with van der Waals surface area (Å²) in [4.78, 5) is 11.5. The van der Waals surface area contributed by atoms with Crippen molar-refractivity contribution in [3.8, 4) is 0 Å². The predicted octanol–water partition coefficient (Wildman–Crippen LogP) is 1.85. The second-order valence-electron chi connectivity index (χ2n) is 8.21. The molecule has 0 aliphatic heterocycles.